The number of anilines is 1. The molecule has 0 saturated carbocycles. The van der Waals surface area contributed by atoms with Crippen molar-refractivity contribution in [3.63, 3.8) is 0 Å². The highest BCUT2D eigenvalue weighted by atomic mass is 32.1. The van der Waals surface area contributed by atoms with Crippen molar-refractivity contribution in [3.8, 4) is 6.07 Å². The lowest BCUT2D eigenvalue weighted by Crippen LogP contribution is -2.27. The minimum Gasteiger partial charge on any atom is -0.358 e. The maximum absolute atomic E-state index is 8.92. The fraction of sp³-hybridized carbons (Fsp3) is 0.467. The average molecular weight is 299 g/mol. The Labute approximate surface area is 128 Å². The Morgan fingerprint density at radius 3 is 3.10 bits per heavy atom. The SMILES string of the molecule is Cc1nc2c(s1)CCC[C@H]2CN(C)c1cncc(C#N)n1. The fourth-order valence-corrected chi connectivity index (χ4v) is 3.89. The van der Waals surface area contributed by atoms with Gasteiger partial charge in [0.2, 0.25) is 0 Å². The second-order valence-corrected chi connectivity index (χ2v) is 6.67. The van der Waals surface area contributed by atoms with E-state index < -0.39 is 0 Å². The highest BCUT2D eigenvalue weighted by molar-refractivity contribution is 7.11. The summed E-state index contributed by atoms with van der Waals surface area (Å²) < 4.78 is 0. The number of rotatable bonds is 3. The summed E-state index contributed by atoms with van der Waals surface area (Å²) in [6.07, 6.45) is 6.73. The number of thiazole rings is 1. The van der Waals surface area contributed by atoms with Crippen LogP contribution in [-0.4, -0.2) is 28.5 Å². The Morgan fingerprint density at radius 2 is 2.29 bits per heavy atom. The zero-order valence-electron chi connectivity index (χ0n) is 12.2. The van der Waals surface area contributed by atoms with Gasteiger partial charge in [0.25, 0.3) is 0 Å². The second-order valence-electron chi connectivity index (χ2n) is 5.39. The predicted octanol–water partition coefficient (Wildman–Crippen LogP) is 2.67. The number of likely N-dealkylation sites (N-methyl/N-ethyl adjacent to an activating group) is 1. The lowest BCUT2D eigenvalue weighted by Gasteiger charge is -2.27. The molecule has 0 amide bonds. The molecule has 0 fully saturated rings. The van der Waals surface area contributed by atoms with Crippen LogP contribution in [0, 0.1) is 18.3 Å². The molecular formula is C15H17N5S. The van der Waals surface area contributed by atoms with Crippen molar-refractivity contribution in [3.05, 3.63) is 33.7 Å². The Kier molecular flexibility index (Phi) is 3.84. The van der Waals surface area contributed by atoms with Crippen LogP contribution in [0.3, 0.4) is 0 Å². The third-order valence-corrected chi connectivity index (χ3v) is 4.85. The van der Waals surface area contributed by atoms with Crippen LogP contribution in [0.2, 0.25) is 0 Å². The molecule has 0 radical (unpaired) electrons. The number of aromatic nitrogens is 3. The van der Waals surface area contributed by atoms with Gasteiger partial charge in [-0.3, -0.25) is 4.98 Å². The Bertz CT molecular complexity index is 688. The summed E-state index contributed by atoms with van der Waals surface area (Å²) in [7, 11) is 2.00. The smallest absolute Gasteiger partial charge is 0.161 e. The van der Waals surface area contributed by atoms with Crippen LogP contribution in [0.5, 0.6) is 0 Å². The van der Waals surface area contributed by atoms with E-state index in [1.165, 1.54) is 23.2 Å². The minimum absolute atomic E-state index is 0.355. The summed E-state index contributed by atoms with van der Waals surface area (Å²) in [6.45, 7) is 2.94. The Balaban J connectivity index is 1.79. The zero-order valence-corrected chi connectivity index (χ0v) is 13.0. The summed E-state index contributed by atoms with van der Waals surface area (Å²) in [6, 6.07) is 2.03. The topological polar surface area (TPSA) is 65.7 Å². The highest BCUT2D eigenvalue weighted by Crippen LogP contribution is 2.35. The van der Waals surface area contributed by atoms with Crippen LogP contribution >= 0.6 is 11.3 Å². The number of fused-ring (bicyclic) bond motifs is 1. The number of aryl methyl sites for hydroxylation is 2. The molecule has 5 nitrogen and oxygen atoms in total. The molecule has 0 N–H and O–H groups in total. The number of nitriles is 1. The molecule has 3 rings (SSSR count). The van der Waals surface area contributed by atoms with E-state index in [1.807, 2.05) is 24.5 Å². The summed E-state index contributed by atoms with van der Waals surface area (Å²) in [5.74, 6) is 1.18. The van der Waals surface area contributed by atoms with Crippen molar-refractivity contribution >= 4 is 17.2 Å². The standard InChI is InChI=1S/C15H17N5S/c1-10-18-15-11(4-3-5-13(15)21-10)9-20(2)14-8-17-7-12(6-16)19-14/h7-8,11H,3-5,9H2,1-2H3/t11-/m0/s1. The lowest BCUT2D eigenvalue weighted by atomic mass is 9.90. The van der Waals surface area contributed by atoms with Gasteiger partial charge < -0.3 is 4.90 Å². The Hall–Kier alpha value is -2.00. The van der Waals surface area contributed by atoms with E-state index in [1.54, 1.807) is 6.20 Å². The molecule has 2 heterocycles. The number of hydrogen-bond acceptors (Lipinski definition) is 6. The average Bonchev–Trinajstić information content (AvgIpc) is 2.88. The van der Waals surface area contributed by atoms with Gasteiger partial charge in [0.15, 0.2) is 5.69 Å². The molecule has 0 bridgehead atoms. The van der Waals surface area contributed by atoms with Crippen molar-refractivity contribution in [1.82, 2.24) is 15.0 Å². The normalized spacial score (nSPS) is 17.1. The van der Waals surface area contributed by atoms with Crippen LogP contribution in [0.25, 0.3) is 0 Å². The van der Waals surface area contributed by atoms with Crippen LogP contribution in [-0.2, 0) is 6.42 Å². The fourth-order valence-electron chi connectivity index (χ4n) is 2.82. The molecule has 1 aliphatic rings. The van der Waals surface area contributed by atoms with Gasteiger partial charge in [-0.1, -0.05) is 0 Å². The number of hydrogen-bond donors (Lipinski definition) is 0. The van der Waals surface area contributed by atoms with E-state index in [2.05, 4.69) is 21.8 Å². The third kappa shape index (κ3) is 2.88. The Morgan fingerprint density at radius 1 is 1.43 bits per heavy atom. The zero-order chi connectivity index (χ0) is 14.8. The van der Waals surface area contributed by atoms with Gasteiger partial charge in [0, 0.05) is 24.4 Å². The first-order valence-electron chi connectivity index (χ1n) is 7.07. The summed E-state index contributed by atoms with van der Waals surface area (Å²) >= 11 is 1.82. The van der Waals surface area contributed by atoms with E-state index in [4.69, 9.17) is 10.2 Å². The van der Waals surface area contributed by atoms with Crippen molar-refractivity contribution in [2.75, 3.05) is 18.5 Å². The maximum Gasteiger partial charge on any atom is 0.161 e. The van der Waals surface area contributed by atoms with Gasteiger partial charge in [0.05, 0.1) is 23.1 Å². The molecule has 0 saturated heterocycles. The molecule has 2 aromatic rings. The van der Waals surface area contributed by atoms with E-state index >= 15 is 0 Å². The van der Waals surface area contributed by atoms with E-state index in [9.17, 15) is 0 Å². The van der Waals surface area contributed by atoms with Gasteiger partial charge in [0.1, 0.15) is 11.9 Å². The van der Waals surface area contributed by atoms with Gasteiger partial charge in [-0.05, 0) is 26.2 Å². The predicted molar refractivity (Wildman–Crippen MR) is 82.5 cm³/mol. The molecule has 0 aliphatic heterocycles. The molecule has 1 atom stereocenters. The van der Waals surface area contributed by atoms with E-state index in [-0.39, 0.29) is 0 Å². The van der Waals surface area contributed by atoms with E-state index in [0.717, 1.165) is 30.2 Å². The monoisotopic (exact) mass is 299 g/mol. The van der Waals surface area contributed by atoms with Crippen molar-refractivity contribution in [2.45, 2.75) is 32.1 Å². The van der Waals surface area contributed by atoms with Gasteiger partial charge in [-0.15, -0.1) is 11.3 Å². The van der Waals surface area contributed by atoms with Gasteiger partial charge in [-0.25, -0.2) is 9.97 Å². The quantitative estimate of drug-likeness (QED) is 0.871. The first kappa shape index (κ1) is 14.0. The van der Waals surface area contributed by atoms with E-state index in [0.29, 0.717) is 11.6 Å². The van der Waals surface area contributed by atoms with Crippen molar-refractivity contribution < 1.29 is 0 Å². The molecule has 0 aromatic carbocycles. The highest BCUT2D eigenvalue weighted by Gasteiger charge is 2.25. The summed E-state index contributed by atoms with van der Waals surface area (Å²) in [5.41, 5.74) is 1.62. The van der Waals surface area contributed by atoms with Crippen LogP contribution in [0.1, 0.15) is 40.0 Å². The van der Waals surface area contributed by atoms with Crippen LogP contribution < -0.4 is 4.90 Å². The molecular weight excluding hydrogens is 282 g/mol. The maximum atomic E-state index is 8.92. The summed E-state index contributed by atoms with van der Waals surface area (Å²) in [5, 5.41) is 10.1. The van der Waals surface area contributed by atoms with Crippen LogP contribution in [0.15, 0.2) is 12.4 Å². The van der Waals surface area contributed by atoms with Crippen molar-refractivity contribution in [1.29, 1.82) is 5.26 Å². The summed E-state index contributed by atoms with van der Waals surface area (Å²) in [4.78, 5) is 16.6. The second kappa shape index (κ2) is 5.78. The molecule has 1 aliphatic carbocycles. The first-order chi connectivity index (χ1) is 10.2. The first-order valence-corrected chi connectivity index (χ1v) is 7.88. The molecule has 0 spiro atoms. The third-order valence-electron chi connectivity index (χ3n) is 3.80. The molecule has 0 unspecified atom stereocenters. The molecule has 21 heavy (non-hydrogen) atoms. The molecule has 6 heteroatoms. The number of nitrogens with zero attached hydrogens (tertiary/aromatic N) is 5. The minimum atomic E-state index is 0.355. The van der Waals surface area contributed by atoms with Gasteiger partial charge in [-0.2, -0.15) is 5.26 Å². The lowest BCUT2D eigenvalue weighted by molar-refractivity contribution is 0.542. The van der Waals surface area contributed by atoms with Crippen molar-refractivity contribution in [2.24, 2.45) is 0 Å². The largest absolute Gasteiger partial charge is 0.358 e. The molecule has 108 valence electrons. The molecule has 2 aromatic heterocycles. The van der Waals surface area contributed by atoms with Crippen LogP contribution in [0.4, 0.5) is 5.82 Å². The van der Waals surface area contributed by atoms with Gasteiger partial charge >= 0.3 is 0 Å².